The summed E-state index contributed by atoms with van der Waals surface area (Å²) in [6.45, 7) is 6.16. The van der Waals surface area contributed by atoms with Gasteiger partial charge in [0.25, 0.3) is 0 Å². The SMILES string of the molecule is CN=C(NCCC1=CCCCC1)N(C)Cc1cn(C)nc1C(C)C. The van der Waals surface area contributed by atoms with Gasteiger partial charge in [0, 0.05) is 46.0 Å². The van der Waals surface area contributed by atoms with E-state index in [1.54, 1.807) is 5.57 Å². The van der Waals surface area contributed by atoms with Gasteiger partial charge in [-0.05, 0) is 38.0 Å². The van der Waals surface area contributed by atoms with E-state index in [0.29, 0.717) is 5.92 Å². The molecular formula is C19H33N5. The quantitative estimate of drug-likeness (QED) is 0.493. The van der Waals surface area contributed by atoms with Gasteiger partial charge in [-0.25, -0.2) is 0 Å². The average molecular weight is 332 g/mol. The molecule has 1 aliphatic rings. The Morgan fingerprint density at radius 2 is 2.21 bits per heavy atom. The van der Waals surface area contributed by atoms with Crippen molar-refractivity contribution in [2.75, 3.05) is 20.6 Å². The molecule has 0 amide bonds. The van der Waals surface area contributed by atoms with Crippen LogP contribution in [-0.2, 0) is 13.6 Å². The van der Waals surface area contributed by atoms with Crippen LogP contribution in [0.2, 0.25) is 0 Å². The van der Waals surface area contributed by atoms with E-state index in [1.807, 2.05) is 18.8 Å². The van der Waals surface area contributed by atoms with Crippen molar-refractivity contribution in [3.05, 3.63) is 29.1 Å². The van der Waals surface area contributed by atoms with Crippen LogP contribution in [0.25, 0.3) is 0 Å². The van der Waals surface area contributed by atoms with Crippen LogP contribution in [0.3, 0.4) is 0 Å². The summed E-state index contributed by atoms with van der Waals surface area (Å²) in [4.78, 5) is 6.61. The molecule has 0 radical (unpaired) electrons. The number of aliphatic imine (C=N–C) groups is 1. The van der Waals surface area contributed by atoms with Crippen LogP contribution in [-0.4, -0.2) is 41.3 Å². The minimum atomic E-state index is 0.433. The highest BCUT2D eigenvalue weighted by molar-refractivity contribution is 5.79. The zero-order valence-corrected chi connectivity index (χ0v) is 16.0. The standard InChI is InChI=1S/C19H33N5/c1-15(2)18-17(14-24(5)22-18)13-23(4)19(20-3)21-12-11-16-9-7-6-8-10-16/h9,14-15H,6-8,10-13H2,1-5H3,(H,20,21). The first kappa shape index (κ1) is 18.6. The van der Waals surface area contributed by atoms with Crippen molar-refractivity contribution in [2.24, 2.45) is 12.0 Å². The summed E-state index contributed by atoms with van der Waals surface area (Å²) >= 11 is 0. The lowest BCUT2D eigenvalue weighted by Gasteiger charge is -2.23. The number of allylic oxidation sites excluding steroid dienone is 1. The second-order valence-corrected chi connectivity index (χ2v) is 7.06. The van der Waals surface area contributed by atoms with Crippen molar-refractivity contribution in [1.29, 1.82) is 0 Å². The number of aryl methyl sites for hydroxylation is 1. The van der Waals surface area contributed by atoms with Gasteiger partial charge in [-0.3, -0.25) is 9.67 Å². The van der Waals surface area contributed by atoms with Gasteiger partial charge in [0.1, 0.15) is 0 Å². The van der Waals surface area contributed by atoms with E-state index in [-0.39, 0.29) is 0 Å². The van der Waals surface area contributed by atoms with Crippen LogP contribution < -0.4 is 5.32 Å². The molecule has 0 saturated heterocycles. The molecule has 0 bridgehead atoms. The van der Waals surface area contributed by atoms with E-state index in [0.717, 1.165) is 25.5 Å². The van der Waals surface area contributed by atoms with Crippen molar-refractivity contribution < 1.29 is 0 Å². The highest BCUT2D eigenvalue weighted by Gasteiger charge is 2.15. The Bertz CT molecular complexity index is 583. The summed E-state index contributed by atoms with van der Waals surface area (Å²) in [5, 5.41) is 8.09. The van der Waals surface area contributed by atoms with Gasteiger partial charge in [0.2, 0.25) is 0 Å². The molecule has 0 saturated carbocycles. The molecule has 0 aliphatic heterocycles. The van der Waals surface area contributed by atoms with Crippen LogP contribution >= 0.6 is 0 Å². The molecule has 0 unspecified atom stereocenters. The molecule has 0 atom stereocenters. The van der Waals surface area contributed by atoms with Gasteiger partial charge in [0.15, 0.2) is 5.96 Å². The molecule has 1 N–H and O–H groups in total. The Morgan fingerprint density at radius 1 is 1.42 bits per heavy atom. The molecule has 1 heterocycles. The molecule has 0 fully saturated rings. The lowest BCUT2D eigenvalue weighted by atomic mass is 9.97. The summed E-state index contributed by atoms with van der Waals surface area (Å²) in [5.74, 6) is 1.38. The second kappa shape index (κ2) is 8.90. The van der Waals surface area contributed by atoms with Crippen molar-refractivity contribution in [2.45, 2.75) is 58.4 Å². The van der Waals surface area contributed by atoms with Crippen LogP contribution in [0.15, 0.2) is 22.8 Å². The number of hydrogen-bond donors (Lipinski definition) is 1. The van der Waals surface area contributed by atoms with Crippen molar-refractivity contribution in [3.8, 4) is 0 Å². The largest absolute Gasteiger partial charge is 0.356 e. The molecule has 5 heteroatoms. The van der Waals surface area contributed by atoms with Gasteiger partial charge in [-0.15, -0.1) is 0 Å². The molecule has 2 rings (SSSR count). The Kier molecular flexibility index (Phi) is 6.88. The van der Waals surface area contributed by atoms with E-state index in [2.05, 4.69) is 53.5 Å². The van der Waals surface area contributed by atoms with E-state index < -0.39 is 0 Å². The fraction of sp³-hybridized carbons (Fsp3) is 0.684. The second-order valence-electron chi connectivity index (χ2n) is 7.06. The van der Waals surface area contributed by atoms with E-state index in [9.17, 15) is 0 Å². The van der Waals surface area contributed by atoms with Gasteiger partial charge in [-0.1, -0.05) is 25.5 Å². The molecule has 24 heavy (non-hydrogen) atoms. The average Bonchev–Trinajstić information content (AvgIpc) is 2.93. The van der Waals surface area contributed by atoms with Crippen molar-refractivity contribution >= 4 is 5.96 Å². The number of nitrogens with zero attached hydrogens (tertiary/aromatic N) is 4. The fourth-order valence-electron chi connectivity index (χ4n) is 3.34. The van der Waals surface area contributed by atoms with Gasteiger partial charge < -0.3 is 10.2 Å². The van der Waals surface area contributed by atoms with Crippen molar-refractivity contribution in [1.82, 2.24) is 20.0 Å². The third kappa shape index (κ3) is 5.11. The molecule has 0 spiro atoms. The van der Waals surface area contributed by atoms with Crippen LogP contribution in [0.1, 0.15) is 63.1 Å². The predicted molar refractivity (Wildman–Crippen MR) is 101 cm³/mol. The van der Waals surface area contributed by atoms with E-state index in [4.69, 9.17) is 0 Å². The van der Waals surface area contributed by atoms with Gasteiger partial charge >= 0.3 is 0 Å². The molecule has 1 aliphatic carbocycles. The topological polar surface area (TPSA) is 45.5 Å². The first-order chi connectivity index (χ1) is 11.5. The maximum atomic E-state index is 4.59. The summed E-state index contributed by atoms with van der Waals surface area (Å²) in [6.07, 6.45) is 10.9. The Balaban J connectivity index is 1.89. The first-order valence-corrected chi connectivity index (χ1v) is 9.13. The first-order valence-electron chi connectivity index (χ1n) is 9.13. The normalized spacial score (nSPS) is 15.6. The zero-order chi connectivity index (χ0) is 17.5. The van der Waals surface area contributed by atoms with Crippen molar-refractivity contribution in [3.63, 3.8) is 0 Å². The Hall–Kier alpha value is -1.78. The molecule has 1 aromatic heterocycles. The Morgan fingerprint density at radius 3 is 2.83 bits per heavy atom. The smallest absolute Gasteiger partial charge is 0.193 e. The number of aromatic nitrogens is 2. The number of guanidine groups is 1. The van der Waals surface area contributed by atoms with Gasteiger partial charge in [0.05, 0.1) is 5.69 Å². The molecular weight excluding hydrogens is 298 g/mol. The monoisotopic (exact) mass is 331 g/mol. The third-order valence-corrected chi connectivity index (χ3v) is 4.58. The highest BCUT2D eigenvalue weighted by atomic mass is 15.3. The zero-order valence-electron chi connectivity index (χ0n) is 16.0. The third-order valence-electron chi connectivity index (χ3n) is 4.58. The number of nitrogens with one attached hydrogen (secondary N) is 1. The predicted octanol–water partition coefficient (Wildman–Crippen LogP) is 3.44. The number of hydrogen-bond acceptors (Lipinski definition) is 2. The van der Waals surface area contributed by atoms with Gasteiger partial charge in [-0.2, -0.15) is 5.10 Å². The Labute approximate surface area is 146 Å². The van der Waals surface area contributed by atoms with Crippen LogP contribution in [0.5, 0.6) is 0 Å². The lowest BCUT2D eigenvalue weighted by molar-refractivity contribution is 0.473. The molecule has 134 valence electrons. The molecule has 1 aromatic rings. The number of rotatable bonds is 6. The minimum Gasteiger partial charge on any atom is -0.356 e. The maximum absolute atomic E-state index is 4.59. The molecule has 5 nitrogen and oxygen atoms in total. The van der Waals surface area contributed by atoms with E-state index >= 15 is 0 Å². The summed E-state index contributed by atoms with van der Waals surface area (Å²) in [6, 6.07) is 0. The van der Waals surface area contributed by atoms with Crippen LogP contribution in [0, 0.1) is 0 Å². The van der Waals surface area contributed by atoms with E-state index in [1.165, 1.54) is 36.9 Å². The maximum Gasteiger partial charge on any atom is 0.193 e. The van der Waals surface area contributed by atoms with Crippen LogP contribution in [0.4, 0.5) is 0 Å². The summed E-state index contributed by atoms with van der Waals surface area (Å²) in [7, 11) is 5.93. The minimum absolute atomic E-state index is 0.433. The fourth-order valence-corrected chi connectivity index (χ4v) is 3.34. The molecule has 0 aromatic carbocycles. The highest BCUT2D eigenvalue weighted by Crippen LogP contribution is 2.20. The summed E-state index contributed by atoms with van der Waals surface area (Å²) < 4.78 is 1.91. The summed E-state index contributed by atoms with van der Waals surface area (Å²) in [5.41, 5.74) is 4.04. The lowest BCUT2D eigenvalue weighted by Crippen LogP contribution is -2.39.